The standard InChI is InChI=1S/C18H21ClN4O2/c1-9-15(18(25)22-11(3)16(9)19)17(24)20-8-7-14-21-10(2)12-5-4-6-13(12)23-14/h4-8H2,1-3H3,(H,20,24)(H,22,25). The number of rotatable bonds is 4. The van der Waals surface area contributed by atoms with E-state index >= 15 is 0 Å². The normalized spacial score (nSPS) is 13.0. The fourth-order valence-electron chi connectivity index (χ4n) is 3.29. The van der Waals surface area contributed by atoms with E-state index in [9.17, 15) is 9.59 Å². The Hall–Kier alpha value is -2.21. The SMILES string of the molecule is Cc1nc(CCNC(=O)c2c(C)c(Cl)c(C)[nH]c2=O)nc2c1CCC2. The van der Waals surface area contributed by atoms with Gasteiger partial charge in [0.2, 0.25) is 0 Å². The summed E-state index contributed by atoms with van der Waals surface area (Å²) in [5, 5.41) is 3.17. The number of carbonyl (C=O) groups is 1. The number of nitrogens with zero attached hydrogens (tertiary/aromatic N) is 2. The fourth-order valence-corrected chi connectivity index (χ4v) is 3.43. The van der Waals surface area contributed by atoms with Gasteiger partial charge in [-0.15, -0.1) is 0 Å². The molecule has 0 spiro atoms. The van der Waals surface area contributed by atoms with Gasteiger partial charge in [0, 0.05) is 30.0 Å². The zero-order valence-corrected chi connectivity index (χ0v) is 15.4. The van der Waals surface area contributed by atoms with Crippen LogP contribution in [0.4, 0.5) is 0 Å². The molecule has 0 fully saturated rings. The molecular weight excluding hydrogens is 340 g/mol. The molecule has 1 aliphatic carbocycles. The van der Waals surface area contributed by atoms with Crippen LogP contribution in [0.2, 0.25) is 5.02 Å². The topological polar surface area (TPSA) is 87.7 Å². The molecule has 0 bridgehead atoms. The maximum Gasteiger partial charge on any atom is 0.261 e. The summed E-state index contributed by atoms with van der Waals surface area (Å²) in [7, 11) is 0. The minimum Gasteiger partial charge on any atom is -0.351 e. The van der Waals surface area contributed by atoms with Gasteiger partial charge in [-0.1, -0.05) is 11.6 Å². The van der Waals surface area contributed by atoms with E-state index in [0.717, 1.165) is 36.5 Å². The number of carbonyl (C=O) groups excluding carboxylic acids is 1. The fraction of sp³-hybridized carbons (Fsp3) is 0.444. The zero-order valence-electron chi connectivity index (χ0n) is 14.6. The van der Waals surface area contributed by atoms with Crippen LogP contribution in [0.3, 0.4) is 0 Å². The molecule has 2 aromatic heterocycles. The van der Waals surface area contributed by atoms with Crippen LogP contribution in [0.5, 0.6) is 0 Å². The molecule has 1 amide bonds. The van der Waals surface area contributed by atoms with E-state index in [1.54, 1.807) is 13.8 Å². The first-order valence-corrected chi connectivity index (χ1v) is 8.78. The maximum atomic E-state index is 12.4. The summed E-state index contributed by atoms with van der Waals surface area (Å²) in [6.07, 6.45) is 3.70. The lowest BCUT2D eigenvalue weighted by molar-refractivity contribution is 0.0952. The molecule has 25 heavy (non-hydrogen) atoms. The molecule has 2 aromatic rings. The summed E-state index contributed by atoms with van der Waals surface area (Å²) >= 11 is 6.13. The molecule has 2 N–H and O–H groups in total. The molecular formula is C18H21ClN4O2. The first-order valence-electron chi connectivity index (χ1n) is 8.41. The average molecular weight is 361 g/mol. The highest BCUT2D eigenvalue weighted by Crippen LogP contribution is 2.22. The Labute approximate surface area is 151 Å². The first kappa shape index (κ1) is 17.6. The third-order valence-electron chi connectivity index (χ3n) is 4.61. The van der Waals surface area contributed by atoms with Gasteiger partial charge in [-0.25, -0.2) is 9.97 Å². The van der Waals surface area contributed by atoms with Crippen LogP contribution in [0.25, 0.3) is 0 Å². The van der Waals surface area contributed by atoms with Crippen LogP contribution >= 0.6 is 11.6 Å². The molecule has 6 nitrogen and oxygen atoms in total. The van der Waals surface area contributed by atoms with Crippen molar-refractivity contribution in [2.24, 2.45) is 0 Å². The number of hydrogen-bond acceptors (Lipinski definition) is 4. The lowest BCUT2D eigenvalue weighted by Gasteiger charge is -2.10. The van der Waals surface area contributed by atoms with Crippen molar-refractivity contribution in [1.29, 1.82) is 0 Å². The van der Waals surface area contributed by atoms with Crippen LogP contribution < -0.4 is 10.9 Å². The molecule has 0 saturated heterocycles. The second-order valence-corrected chi connectivity index (χ2v) is 6.78. The van der Waals surface area contributed by atoms with Crippen LogP contribution in [-0.4, -0.2) is 27.4 Å². The van der Waals surface area contributed by atoms with Crippen LogP contribution in [0.15, 0.2) is 4.79 Å². The highest BCUT2D eigenvalue weighted by Gasteiger charge is 2.19. The highest BCUT2D eigenvalue weighted by atomic mass is 35.5. The zero-order chi connectivity index (χ0) is 18.1. The minimum absolute atomic E-state index is 0.0571. The smallest absolute Gasteiger partial charge is 0.261 e. The Morgan fingerprint density at radius 3 is 2.76 bits per heavy atom. The van der Waals surface area contributed by atoms with Crippen molar-refractivity contribution >= 4 is 17.5 Å². The predicted octanol–water partition coefficient (Wildman–Crippen LogP) is 2.20. The molecule has 2 heterocycles. The lowest BCUT2D eigenvalue weighted by Crippen LogP contribution is -2.32. The summed E-state index contributed by atoms with van der Waals surface area (Å²) in [5.74, 6) is 0.296. The van der Waals surface area contributed by atoms with Gasteiger partial charge in [0.15, 0.2) is 0 Å². The van der Waals surface area contributed by atoms with Gasteiger partial charge in [-0.3, -0.25) is 9.59 Å². The monoisotopic (exact) mass is 360 g/mol. The highest BCUT2D eigenvalue weighted by molar-refractivity contribution is 6.32. The average Bonchev–Trinajstić information content (AvgIpc) is 3.02. The molecule has 3 rings (SSSR count). The Bertz CT molecular complexity index is 905. The lowest BCUT2D eigenvalue weighted by atomic mass is 10.1. The quantitative estimate of drug-likeness (QED) is 0.875. The summed E-state index contributed by atoms with van der Waals surface area (Å²) < 4.78 is 0. The van der Waals surface area contributed by atoms with Crippen LogP contribution in [0, 0.1) is 20.8 Å². The van der Waals surface area contributed by atoms with E-state index in [2.05, 4.69) is 20.3 Å². The molecule has 0 saturated carbocycles. The van der Waals surface area contributed by atoms with E-state index in [4.69, 9.17) is 11.6 Å². The van der Waals surface area contributed by atoms with Gasteiger partial charge in [0.05, 0.1) is 5.02 Å². The van der Waals surface area contributed by atoms with Crippen molar-refractivity contribution in [3.63, 3.8) is 0 Å². The number of H-pyrrole nitrogens is 1. The first-order chi connectivity index (χ1) is 11.9. The number of fused-ring (bicyclic) bond motifs is 1. The van der Waals surface area contributed by atoms with E-state index in [-0.39, 0.29) is 5.56 Å². The van der Waals surface area contributed by atoms with Crippen molar-refractivity contribution in [3.8, 4) is 0 Å². The van der Waals surface area contributed by atoms with Gasteiger partial charge < -0.3 is 10.3 Å². The summed E-state index contributed by atoms with van der Waals surface area (Å²) in [6, 6.07) is 0. The summed E-state index contributed by atoms with van der Waals surface area (Å²) in [4.78, 5) is 36.1. The van der Waals surface area contributed by atoms with E-state index < -0.39 is 11.5 Å². The van der Waals surface area contributed by atoms with Gasteiger partial charge in [0.1, 0.15) is 11.4 Å². The molecule has 0 aromatic carbocycles. The Morgan fingerprint density at radius 1 is 1.24 bits per heavy atom. The molecule has 0 atom stereocenters. The second-order valence-electron chi connectivity index (χ2n) is 6.40. The van der Waals surface area contributed by atoms with Crippen LogP contribution in [-0.2, 0) is 19.3 Å². The van der Waals surface area contributed by atoms with Gasteiger partial charge >= 0.3 is 0 Å². The number of aromatic amines is 1. The molecule has 0 radical (unpaired) electrons. The number of aryl methyl sites for hydroxylation is 3. The van der Waals surface area contributed by atoms with Crippen molar-refractivity contribution in [2.75, 3.05) is 6.54 Å². The largest absolute Gasteiger partial charge is 0.351 e. The van der Waals surface area contributed by atoms with Crippen LogP contribution in [0.1, 0.15) is 50.8 Å². The van der Waals surface area contributed by atoms with Gasteiger partial charge in [0.25, 0.3) is 11.5 Å². The number of nitrogens with one attached hydrogen (secondary N) is 2. The van der Waals surface area contributed by atoms with Gasteiger partial charge in [-0.05, 0) is 51.2 Å². The number of halogens is 1. The van der Waals surface area contributed by atoms with E-state index in [0.29, 0.717) is 29.2 Å². The number of aromatic nitrogens is 3. The van der Waals surface area contributed by atoms with E-state index in [1.165, 1.54) is 5.56 Å². The molecule has 0 aliphatic heterocycles. The number of pyridine rings is 1. The second kappa shape index (κ2) is 6.96. The molecule has 7 heteroatoms. The Morgan fingerprint density at radius 2 is 2.00 bits per heavy atom. The minimum atomic E-state index is -0.432. The van der Waals surface area contributed by atoms with Crippen molar-refractivity contribution < 1.29 is 4.79 Å². The van der Waals surface area contributed by atoms with E-state index in [1.807, 2.05) is 6.92 Å². The Balaban J connectivity index is 1.69. The van der Waals surface area contributed by atoms with Crippen molar-refractivity contribution in [2.45, 2.75) is 46.5 Å². The molecule has 1 aliphatic rings. The molecule has 0 unspecified atom stereocenters. The van der Waals surface area contributed by atoms with Crippen molar-refractivity contribution in [1.82, 2.24) is 20.3 Å². The maximum absolute atomic E-state index is 12.4. The summed E-state index contributed by atoms with van der Waals surface area (Å²) in [6.45, 7) is 5.74. The van der Waals surface area contributed by atoms with Crippen molar-refractivity contribution in [3.05, 3.63) is 55.0 Å². The molecule has 132 valence electrons. The summed E-state index contributed by atoms with van der Waals surface area (Å²) in [5.41, 5.74) is 4.10. The van der Waals surface area contributed by atoms with Gasteiger partial charge in [-0.2, -0.15) is 0 Å². The predicted molar refractivity (Wildman–Crippen MR) is 96.4 cm³/mol. The number of amides is 1. The third-order valence-corrected chi connectivity index (χ3v) is 5.18. The Kier molecular flexibility index (Phi) is 4.90. The number of hydrogen-bond donors (Lipinski definition) is 2. The third kappa shape index (κ3) is 3.44.